The predicted molar refractivity (Wildman–Crippen MR) is 95.8 cm³/mol. The van der Waals surface area contributed by atoms with Crippen molar-refractivity contribution in [2.75, 3.05) is 0 Å². The van der Waals surface area contributed by atoms with E-state index in [0.717, 1.165) is 22.2 Å². The summed E-state index contributed by atoms with van der Waals surface area (Å²) in [6, 6.07) is 9.95. The smallest absolute Gasteiger partial charge is 0.143 e. The Hall–Kier alpha value is -1.51. The number of benzene rings is 1. The van der Waals surface area contributed by atoms with Gasteiger partial charge in [0.05, 0.1) is 12.0 Å². The van der Waals surface area contributed by atoms with Crippen LogP contribution in [-0.2, 0) is 17.4 Å². The Bertz CT molecular complexity index is 771. The van der Waals surface area contributed by atoms with Crippen LogP contribution in [0.15, 0.2) is 44.3 Å². The lowest BCUT2D eigenvalue weighted by atomic mass is 9.64. The largest absolute Gasteiger partial charge is 0.759 e. The molecule has 1 saturated carbocycles. The van der Waals surface area contributed by atoms with Gasteiger partial charge in [0.1, 0.15) is 5.78 Å². The average molecular weight is 388 g/mol. The molecule has 5 heteroatoms. The van der Waals surface area contributed by atoms with Crippen LogP contribution in [0.4, 0.5) is 0 Å². The SMILES string of the molecule is CC1(C)CC(=O)C2C(=NC([S-])=C(C#N)[C@@H]2c2ccc(Br)cc2)C1. The zero-order valence-electron chi connectivity index (χ0n) is 13.0. The summed E-state index contributed by atoms with van der Waals surface area (Å²) in [5.74, 6) is -0.509. The van der Waals surface area contributed by atoms with Crippen molar-refractivity contribution in [1.29, 1.82) is 5.26 Å². The normalized spacial score (nSPS) is 26.3. The molecule has 3 nitrogen and oxygen atoms in total. The molecule has 0 aromatic heterocycles. The van der Waals surface area contributed by atoms with Crippen LogP contribution < -0.4 is 0 Å². The van der Waals surface area contributed by atoms with Gasteiger partial charge in [0.25, 0.3) is 0 Å². The molecule has 23 heavy (non-hydrogen) atoms. The van der Waals surface area contributed by atoms with Crippen LogP contribution in [0.25, 0.3) is 0 Å². The number of nitriles is 1. The Balaban J connectivity index is 2.14. The molecule has 0 bridgehead atoms. The van der Waals surface area contributed by atoms with Crippen molar-refractivity contribution in [2.24, 2.45) is 16.3 Å². The molecule has 1 fully saturated rings. The minimum atomic E-state index is -0.356. The number of halogens is 1. The third kappa shape index (κ3) is 2.98. The number of hydrogen-bond acceptors (Lipinski definition) is 4. The van der Waals surface area contributed by atoms with E-state index >= 15 is 0 Å². The maximum Gasteiger partial charge on any atom is 0.143 e. The lowest BCUT2D eigenvalue weighted by Crippen LogP contribution is -2.42. The van der Waals surface area contributed by atoms with E-state index in [1.165, 1.54) is 0 Å². The Morgan fingerprint density at radius 2 is 1.91 bits per heavy atom. The number of hydrogen-bond donors (Lipinski definition) is 0. The van der Waals surface area contributed by atoms with E-state index < -0.39 is 0 Å². The summed E-state index contributed by atoms with van der Waals surface area (Å²) < 4.78 is 0.961. The van der Waals surface area contributed by atoms with E-state index in [1.54, 1.807) is 0 Å². The van der Waals surface area contributed by atoms with Gasteiger partial charge in [-0.25, -0.2) is 0 Å². The third-order valence-electron chi connectivity index (χ3n) is 4.49. The second kappa shape index (κ2) is 5.85. The molecule has 1 aliphatic heterocycles. The van der Waals surface area contributed by atoms with E-state index in [-0.39, 0.29) is 23.0 Å². The van der Waals surface area contributed by atoms with Gasteiger partial charge >= 0.3 is 0 Å². The average Bonchev–Trinajstić information content (AvgIpc) is 2.45. The third-order valence-corrected chi connectivity index (χ3v) is 5.33. The van der Waals surface area contributed by atoms with Gasteiger partial charge in [0.15, 0.2) is 0 Å². The van der Waals surface area contributed by atoms with Crippen molar-refractivity contribution in [3.8, 4) is 6.07 Å². The number of carbonyl (C=O) groups excluding carboxylic acids is 1. The summed E-state index contributed by atoms with van der Waals surface area (Å²) in [7, 11) is 0. The van der Waals surface area contributed by atoms with Crippen LogP contribution in [0.2, 0.25) is 0 Å². The molecular weight excluding hydrogens is 372 g/mol. The predicted octanol–water partition coefficient (Wildman–Crippen LogP) is 4.27. The number of Topliss-reactive ketones (excluding diaryl/α,β-unsaturated/α-hetero) is 1. The zero-order chi connectivity index (χ0) is 16.8. The van der Waals surface area contributed by atoms with Crippen LogP contribution in [0.5, 0.6) is 0 Å². The van der Waals surface area contributed by atoms with Gasteiger partial charge in [0, 0.05) is 28.1 Å². The van der Waals surface area contributed by atoms with Crippen molar-refractivity contribution in [3.63, 3.8) is 0 Å². The summed E-state index contributed by atoms with van der Waals surface area (Å²) in [6.45, 7) is 4.15. The Kier molecular flexibility index (Phi) is 4.16. The maximum absolute atomic E-state index is 12.8. The van der Waals surface area contributed by atoms with Gasteiger partial charge in [-0.2, -0.15) is 5.26 Å². The molecule has 1 unspecified atom stereocenters. The minimum absolute atomic E-state index is 0.101. The Morgan fingerprint density at radius 3 is 2.52 bits per heavy atom. The highest BCUT2D eigenvalue weighted by Crippen LogP contribution is 2.46. The molecule has 0 saturated heterocycles. The van der Waals surface area contributed by atoms with Gasteiger partial charge in [0.2, 0.25) is 0 Å². The van der Waals surface area contributed by atoms with E-state index in [1.807, 2.05) is 24.3 Å². The molecule has 1 aromatic rings. The first-order valence-electron chi connectivity index (χ1n) is 7.49. The quantitative estimate of drug-likeness (QED) is 0.675. The number of allylic oxidation sites excluding steroid dienone is 1. The molecule has 1 heterocycles. The van der Waals surface area contributed by atoms with Crippen LogP contribution in [0, 0.1) is 22.7 Å². The molecule has 2 atom stereocenters. The molecule has 118 valence electrons. The highest BCUT2D eigenvalue weighted by Gasteiger charge is 2.45. The topological polar surface area (TPSA) is 53.2 Å². The van der Waals surface area contributed by atoms with Crippen molar-refractivity contribution >= 4 is 40.1 Å². The lowest BCUT2D eigenvalue weighted by Gasteiger charge is -2.41. The molecule has 2 aliphatic rings. The summed E-state index contributed by atoms with van der Waals surface area (Å²) in [5.41, 5.74) is 2.11. The number of rotatable bonds is 1. The lowest BCUT2D eigenvalue weighted by molar-refractivity contribution is -0.124. The van der Waals surface area contributed by atoms with Crippen LogP contribution in [0.1, 0.15) is 38.2 Å². The number of aliphatic imine (C=N–C) groups is 1. The highest BCUT2D eigenvalue weighted by atomic mass is 79.9. The first-order chi connectivity index (χ1) is 10.8. The van der Waals surface area contributed by atoms with Crippen molar-refractivity contribution < 1.29 is 4.79 Å². The summed E-state index contributed by atoms with van der Waals surface area (Å²) in [6.07, 6.45) is 1.25. The van der Waals surface area contributed by atoms with E-state index in [9.17, 15) is 10.1 Å². The van der Waals surface area contributed by atoms with E-state index in [0.29, 0.717) is 17.0 Å². The fraction of sp³-hybridized carbons (Fsp3) is 0.389. The monoisotopic (exact) mass is 387 g/mol. The van der Waals surface area contributed by atoms with Crippen molar-refractivity contribution in [3.05, 3.63) is 44.9 Å². The van der Waals surface area contributed by atoms with Gasteiger partial charge in [-0.1, -0.05) is 46.9 Å². The second-order valence-electron chi connectivity index (χ2n) is 6.92. The molecule has 0 N–H and O–H groups in total. The van der Waals surface area contributed by atoms with Gasteiger partial charge < -0.3 is 12.6 Å². The number of fused-ring (bicyclic) bond motifs is 1. The van der Waals surface area contributed by atoms with Crippen molar-refractivity contribution in [2.45, 2.75) is 32.6 Å². The molecule has 1 aromatic carbocycles. The highest BCUT2D eigenvalue weighted by molar-refractivity contribution is 9.10. The molecule has 0 spiro atoms. The molecule has 1 aliphatic carbocycles. The van der Waals surface area contributed by atoms with Crippen LogP contribution in [-0.4, -0.2) is 11.5 Å². The first kappa shape index (κ1) is 16.4. The van der Waals surface area contributed by atoms with Gasteiger partial charge in [-0.05, 0) is 29.5 Å². The standard InChI is InChI=1S/C18H17BrN2OS/c1-18(2)7-13-16(14(22)8-18)15(12(9-20)17(23)21-13)10-3-5-11(19)6-4-10/h3-6,15-16,23H,7-8H2,1-2H3/p-1/t15-,16?/m0/s1. The van der Waals surface area contributed by atoms with Crippen LogP contribution in [0.3, 0.4) is 0 Å². The van der Waals surface area contributed by atoms with E-state index in [2.05, 4.69) is 40.8 Å². The molecule has 0 radical (unpaired) electrons. The molecule has 0 amide bonds. The number of carbonyl (C=O) groups is 1. The second-order valence-corrected chi connectivity index (χ2v) is 8.23. The molecule has 3 rings (SSSR count). The minimum Gasteiger partial charge on any atom is -0.759 e. The summed E-state index contributed by atoms with van der Waals surface area (Å²) in [5, 5.41) is 9.89. The van der Waals surface area contributed by atoms with Crippen LogP contribution >= 0.6 is 15.9 Å². The maximum atomic E-state index is 12.8. The summed E-state index contributed by atoms with van der Waals surface area (Å²) >= 11 is 8.76. The van der Waals surface area contributed by atoms with Gasteiger partial charge in [-0.15, -0.1) is 0 Å². The van der Waals surface area contributed by atoms with E-state index in [4.69, 9.17) is 12.6 Å². The van der Waals surface area contributed by atoms with Crippen molar-refractivity contribution in [1.82, 2.24) is 0 Å². The Labute approximate surface area is 150 Å². The Morgan fingerprint density at radius 1 is 1.26 bits per heavy atom. The zero-order valence-corrected chi connectivity index (χ0v) is 15.4. The number of nitrogens with zero attached hydrogens (tertiary/aromatic N) is 2. The molecular formula is C18H16BrN2OS-. The first-order valence-corrected chi connectivity index (χ1v) is 8.69. The van der Waals surface area contributed by atoms with Gasteiger partial charge in [-0.3, -0.25) is 9.79 Å². The number of ketones is 1. The summed E-state index contributed by atoms with van der Waals surface area (Å²) in [4.78, 5) is 17.3. The fourth-order valence-electron chi connectivity index (χ4n) is 3.55. The fourth-order valence-corrected chi connectivity index (χ4v) is 4.11.